The molecule has 1 N–H and O–H groups in total. The number of amides is 1. The van der Waals surface area contributed by atoms with Crippen molar-refractivity contribution < 1.29 is 18.0 Å². The summed E-state index contributed by atoms with van der Waals surface area (Å²) in [6.45, 7) is 3.59. The molecule has 0 aliphatic rings. The molecule has 0 fully saturated rings. The molecule has 2 aromatic rings. The van der Waals surface area contributed by atoms with E-state index < -0.39 is 23.3 Å². The molecule has 0 radical (unpaired) electrons. The highest BCUT2D eigenvalue weighted by molar-refractivity contribution is 7.09. The van der Waals surface area contributed by atoms with Crippen LogP contribution >= 0.6 is 11.3 Å². The van der Waals surface area contributed by atoms with E-state index in [0.29, 0.717) is 0 Å². The molecule has 21 heavy (non-hydrogen) atoms. The number of nitrogens with zero attached hydrogens (tertiary/aromatic N) is 2. The Hall–Kier alpha value is -1.83. The third kappa shape index (κ3) is 3.26. The molecule has 0 bridgehead atoms. The number of carbonyl (C=O) groups excluding carboxylic acids is 1. The Balaban J connectivity index is 2.46. The third-order valence-electron chi connectivity index (χ3n) is 2.93. The fourth-order valence-electron chi connectivity index (χ4n) is 1.97. The van der Waals surface area contributed by atoms with E-state index in [1.165, 1.54) is 22.9 Å². The van der Waals surface area contributed by atoms with Crippen LogP contribution in [0.1, 0.15) is 33.5 Å². The lowest BCUT2D eigenvalue weighted by atomic mass is 10.1. The molecular formula is C13H14F3N3OS. The number of thiophene rings is 1. The van der Waals surface area contributed by atoms with Crippen LogP contribution < -0.4 is 5.32 Å². The van der Waals surface area contributed by atoms with Crippen molar-refractivity contribution in [2.75, 3.05) is 6.54 Å². The van der Waals surface area contributed by atoms with Crippen LogP contribution in [0.3, 0.4) is 0 Å². The first-order valence-electron chi connectivity index (χ1n) is 6.29. The number of nitrogens with one attached hydrogen (secondary N) is 1. The molecule has 0 unspecified atom stereocenters. The summed E-state index contributed by atoms with van der Waals surface area (Å²) in [4.78, 5) is 12.8. The summed E-state index contributed by atoms with van der Waals surface area (Å²) in [5.41, 5.74) is -1.33. The lowest BCUT2D eigenvalue weighted by Crippen LogP contribution is -2.26. The number of aromatic nitrogens is 2. The number of halogens is 3. The second-order valence-electron chi connectivity index (χ2n) is 4.40. The minimum absolute atomic E-state index is 0.210. The Bertz CT molecular complexity index is 632. The maximum atomic E-state index is 13.1. The maximum absolute atomic E-state index is 13.1. The van der Waals surface area contributed by atoms with Crippen LogP contribution in [0.15, 0.2) is 17.5 Å². The number of rotatable bonds is 4. The quantitative estimate of drug-likeness (QED) is 0.942. The Labute approximate surface area is 123 Å². The van der Waals surface area contributed by atoms with E-state index in [-0.39, 0.29) is 18.8 Å². The van der Waals surface area contributed by atoms with Gasteiger partial charge in [0.05, 0.1) is 12.1 Å². The van der Waals surface area contributed by atoms with E-state index in [9.17, 15) is 18.0 Å². The molecule has 0 spiro atoms. The first kappa shape index (κ1) is 15.6. The highest BCUT2D eigenvalue weighted by Crippen LogP contribution is 2.32. The van der Waals surface area contributed by atoms with Gasteiger partial charge in [0.15, 0.2) is 5.69 Å². The van der Waals surface area contributed by atoms with Crippen LogP contribution in [0.2, 0.25) is 0 Å². The largest absolute Gasteiger partial charge is 0.435 e. The van der Waals surface area contributed by atoms with Gasteiger partial charge in [0.1, 0.15) is 0 Å². The zero-order valence-electron chi connectivity index (χ0n) is 11.5. The highest BCUT2D eigenvalue weighted by Gasteiger charge is 2.40. The summed E-state index contributed by atoms with van der Waals surface area (Å²) in [6.07, 6.45) is -4.66. The second-order valence-corrected chi connectivity index (χ2v) is 5.44. The van der Waals surface area contributed by atoms with Gasteiger partial charge in [0.2, 0.25) is 0 Å². The van der Waals surface area contributed by atoms with Gasteiger partial charge in [-0.3, -0.25) is 9.48 Å². The molecule has 0 saturated carbocycles. The first-order valence-corrected chi connectivity index (χ1v) is 7.17. The Morgan fingerprint density at radius 2 is 2.19 bits per heavy atom. The smallest absolute Gasteiger partial charge is 0.352 e. The van der Waals surface area contributed by atoms with Gasteiger partial charge in [-0.1, -0.05) is 6.07 Å². The van der Waals surface area contributed by atoms with Gasteiger partial charge in [-0.15, -0.1) is 11.3 Å². The molecular weight excluding hydrogens is 303 g/mol. The molecule has 2 heterocycles. The number of hydrogen-bond acceptors (Lipinski definition) is 3. The second kappa shape index (κ2) is 5.88. The lowest BCUT2D eigenvalue weighted by Gasteiger charge is -2.06. The summed E-state index contributed by atoms with van der Waals surface area (Å²) in [6, 6.07) is 3.62. The molecule has 8 heteroatoms. The average Bonchev–Trinajstić information content (AvgIpc) is 2.98. The first-order chi connectivity index (χ1) is 9.84. The average molecular weight is 317 g/mol. The fraction of sp³-hybridized carbons (Fsp3) is 0.385. The summed E-state index contributed by atoms with van der Waals surface area (Å²) in [7, 11) is 0. The van der Waals surface area contributed by atoms with Crippen molar-refractivity contribution in [3.8, 4) is 0 Å². The van der Waals surface area contributed by atoms with E-state index in [2.05, 4.69) is 10.4 Å². The Morgan fingerprint density at radius 1 is 1.48 bits per heavy atom. The predicted molar refractivity (Wildman–Crippen MR) is 73.4 cm³/mol. The zero-order valence-corrected chi connectivity index (χ0v) is 12.3. The third-order valence-corrected chi connectivity index (χ3v) is 3.79. The molecule has 114 valence electrons. The molecule has 0 saturated heterocycles. The minimum Gasteiger partial charge on any atom is -0.352 e. The SMILES string of the molecule is CCNC(=O)c1c(C(F)(F)F)nn(Cc2cccs2)c1C. The summed E-state index contributed by atoms with van der Waals surface area (Å²) in [5.74, 6) is -0.750. The van der Waals surface area contributed by atoms with Crippen molar-refractivity contribution in [1.29, 1.82) is 0 Å². The number of carbonyl (C=O) groups is 1. The lowest BCUT2D eigenvalue weighted by molar-refractivity contribution is -0.141. The van der Waals surface area contributed by atoms with Crippen molar-refractivity contribution >= 4 is 17.2 Å². The molecule has 0 atom stereocenters. The van der Waals surface area contributed by atoms with Gasteiger partial charge in [0.25, 0.3) is 5.91 Å². The van der Waals surface area contributed by atoms with Gasteiger partial charge in [-0.25, -0.2) is 0 Å². The predicted octanol–water partition coefficient (Wildman–Crippen LogP) is 3.07. The van der Waals surface area contributed by atoms with E-state index in [1.807, 2.05) is 17.5 Å². The van der Waals surface area contributed by atoms with Gasteiger partial charge < -0.3 is 5.32 Å². The van der Waals surface area contributed by atoms with Gasteiger partial charge in [-0.2, -0.15) is 18.3 Å². The Kier molecular flexibility index (Phi) is 4.36. The van der Waals surface area contributed by atoms with Crippen LogP contribution in [0.25, 0.3) is 0 Å². The molecule has 0 aliphatic heterocycles. The highest BCUT2D eigenvalue weighted by atomic mass is 32.1. The van der Waals surface area contributed by atoms with Crippen molar-refractivity contribution in [3.05, 3.63) is 39.3 Å². The Morgan fingerprint density at radius 3 is 2.71 bits per heavy atom. The molecule has 0 aromatic carbocycles. The van der Waals surface area contributed by atoms with Gasteiger partial charge >= 0.3 is 6.18 Å². The van der Waals surface area contributed by atoms with E-state index in [1.54, 1.807) is 6.92 Å². The molecule has 2 aromatic heterocycles. The van der Waals surface area contributed by atoms with E-state index in [0.717, 1.165) is 4.88 Å². The molecule has 2 rings (SSSR count). The van der Waals surface area contributed by atoms with Crippen LogP contribution in [0.5, 0.6) is 0 Å². The minimum atomic E-state index is -4.66. The van der Waals surface area contributed by atoms with Crippen LogP contribution in [-0.2, 0) is 12.7 Å². The fourth-order valence-corrected chi connectivity index (χ4v) is 2.66. The molecule has 0 aliphatic carbocycles. The van der Waals surface area contributed by atoms with Crippen LogP contribution in [-0.4, -0.2) is 22.2 Å². The standard InChI is InChI=1S/C13H14F3N3OS/c1-3-17-12(20)10-8(2)19(7-9-5-4-6-21-9)18-11(10)13(14,15)16/h4-6H,3,7H2,1-2H3,(H,17,20). The normalized spacial score (nSPS) is 11.7. The van der Waals surface area contributed by atoms with E-state index in [4.69, 9.17) is 0 Å². The summed E-state index contributed by atoms with van der Waals surface area (Å²) < 4.78 is 40.4. The number of hydrogen-bond donors (Lipinski definition) is 1. The number of alkyl halides is 3. The van der Waals surface area contributed by atoms with Crippen molar-refractivity contribution in [1.82, 2.24) is 15.1 Å². The van der Waals surface area contributed by atoms with Crippen molar-refractivity contribution in [2.24, 2.45) is 0 Å². The topological polar surface area (TPSA) is 46.9 Å². The summed E-state index contributed by atoms with van der Waals surface area (Å²) >= 11 is 1.43. The van der Waals surface area contributed by atoms with Crippen LogP contribution in [0, 0.1) is 6.92 Å². The van der Waals surface area contributed by atoms with Crippen LogP contribution in [0.4, 0.5) is 13.2 Å². The maximum Gasteiger partial charge on any atom is 0.435 e. The van der Waals surface area contributed by atoms with Crippen molar-refractivity contribution in [2.45, 2.75) is 26.6 Å². The molecule has 4 nitrogen and oxygen atoms in total. The molecule has 1 amide bonds. The monoisotopic (exact) mass is 317 g/mol. The zero-order chi connectivity index (χ0) is 15.6. The summed E-state index contributed by atoms with van der Waals surface area (Å²) in [5, 5.41) is 7.83. The van der Waals surface area contributed by atoms with Gasteiger partial charge in [-0.05, 0) is 25.3 Å². The van der Waals surface area contributed by atoms with Gasteiger partial charge in [0, 0.05) is 17.1 Å². The van der Waals surface area contributed by atoms with E-state index >= 15 is 0 Å². The van der Waals surface area contributed by atoms with Crippen molar-refractivity contribution in [3.63, 3.8) is 0 Å².